The largest absolute Gasteiger partial charge is 0.330 e. The quantitative estimate of drug-likeness (QED) is 0.541. The summed E-state index contributed by atoms with van der Waals surface area (Å²) >= 11 is 0. The van der Waals surface area contributed by atoms with Crippen molar-refractivity contribution in [2.45, 2.75) is 25.9 Å². The van der Waals surface area contributed by atoms with Crippen LogP contribution in [0.25, 0.3) is 0 Å². The number of amides is 1. The van der Waals surface area contributed by atoms with E-state index >= 15 is 0 Å². The second-order valence-electron chi connectivity index (χ2n) is 7.63. The number of quaternary nitrogens is 1. The van der Waals surface area contributed by atoms with Crippen LogP contribution in [0.4, 0.5) is 5.69 Å². The van der Waals surface area contributed by atoms with Crippen LogP contribution in [0.15, 0.2) is 72.8 Å². The Morgan fingerprint density at radius 3 is 2.00 bits per heavy atom. The van der Waals surface area contributed by atoms with Gasteiger partial charge in [0.15, 0.2) is 17.6 Å². The topological polar surface area (TPSA) is 79.8 Å². The third kappa shape index (κ3) is 3.67. The highest BCUT2D eigenvalue weighted by atomic mass is 16.2. The molecule has 0 unspecified atom stereocenters. The smallest absolute Gasteiger partial charge is 0.282 e. The van der Waals surface area contributed by atoms with E-state index in [0.717, 1.165) is 5.56 Å². The molecule has 0 bridgehead atoms. The van der Waals surface area contributed by atoms with Crippen LogP contribution in [0, 0.1) is 0 Å². The summed E-state index contributed by atoms with van der Waals surface area (Å²) in [6.45, 7) is 3.90. The van der Waals surface area contributed by atoms with Crippen LogP contribution >= 0.6 is 0 Å². The molecule has 0 heterocycles. The van der Waals surface area contributed by atoms with Crippen molar-refractivity contribution in [3.8, 4) is 0 Å². The maximum absolute atomic E-state index is 12.9. The van der Waals surface area contributed by atoms with Crippen molar-refractivity contribution in [3.05, 3.63) is 101 Å². The number of anilines is 1. The van der Waals surface area contributed by atoms with Gasteiger partial charge in [0.05, 0.1) is 0 Å². The summed E-state index contributed by atoms with van der Waals surface area (Å²) < 4.78 is 0. The first-order valence-electron chi connectivity index (χ1n) is 9.99. The van der Waals surface area contributed by atoms with Crippen LogP contribution in [0.3, 0.4) is 0 Å². The second kappa shape index (κ2) is 8.05. The van der Waals surface area contributed by atoms with Crippen LogP contribution in [0.1, 0.15) is 57.3 Å². The maximum atomic E-state index is 12.9. The molecule has 150 valence electrons. The normalized spacial score (nSPS) is 14.5. The summed E-state index contributed by atoms with van der Waals surface area (Å²) in [7, 11) is 0. The molecule has 3 aromatic rings. The lowest BCUT2D eigenvalue weighted by Gasteiger charge is -2.19. The molecule has 0 saturated heterocycles. The first kappa shape index (κ1) is 19.7. The van der Waals surface area contributed by atoms with Crippen molar-refractivity contribution in [1.29, 1.82) is 0 Å². The molecule has 3 aromatic carbocycles. The first-order valence-corrected chi connectivity index (χ1v) is 9.99. The average Bonchev–Trinajstić information content (AvgIpc) is 2.78. The van der Waals surface area contributed by atoms with Crippen molar-refractivity contribution >= 4 is 23.2 Å². The van der Waals surface area contributed by atoms with Gasteiger partial charge in [0, 0.05) is 33.5 Å². The highest BCUT2D eigenvalue weighted by Gasteiger charge is 2.30. The van der Waals surface area contributed by atoms with E-state index in [1.165, 1.54) is 0 Å². The lowest BCUT2D eigenvalue weighted by atomic mass is 9.84. The Bertz CT molecular complexity index is 1140. The average molecular weight is 399 g/mol. The molecular formula is C25H23N2O3+. The van der Waals surface area contributed by atoms with Crippen LogP contribution in [0.5, 0.6) is 0 Å². The summed E-state index contributed by atoms with van der Waals surface area (Å²) in [5, 5.41) is 4.87. The standard InChI is InChI=1S/C25H22N2O3/c1-15(17-8-4-3-5-9-17)26-16(2)25(30)27-18-12-13-21-22(14-18)24(29)20-11-7-6-10-19(20)23(21)28/h3-16,26H,1-2H3,(H,27,30)/p+1/t15-,16-/m0/s1. The van der Waals surface area contributed by atoms with E-state index in [0.29, 0.717) is 27.9 Å². The van der Waals surface area contributed by atoms with Gasteiger partial charge in [-0.2, -0.15) is 0 Å². The predicted octanol–water partition coefficient (Wildman–Crippen LogP) is 3.11. The molecule has 0 saturated carbocycles. The van der Waals surface area contributed by atoms with E-state index in [1.54, 1.807) is 42.5 Å². The Morgan fingerprint density at radius 1 is 0.767 bits per heavy atom. The van der Waals surface area contributed by atoms with Gasteiger partial charge in [-0.3, -0.25) is 14.4 Å². The third-order valence-corrected chi connectivity index (χ3v) is 5.51. The molecule has 4 rings (SSSR count). The van der Waals surface area contributed by atoms with Gasteiger partial charge in [0.2, 0.25) is 0 Å². The molecule has 5 heteroatoms. The van der Waals surface area contributed by atoms with E-state index in [2.05, 4.69) is 12.2 Å². The molecule has 3 N–H and O–H groups in total. The maximum Gasteiger partial charge on any atom is 0.282 e. The number of ketones is 2. The Hall–Kier alpha value is -3.57. The summed E-state index contributed by atoms with van der Waals surface area (Å²) in [4.78, 5) is 38.3. The fourth-order valence-electron chi connectivity index (χ4n) is 3.82. The Morgan fingerprint density at radius 2 is 1.33 bits per heavy atom. The molecule has 0 spiro atoms. The number of hydrogen-bond acceptors (Lipinski definition) is 3. The van der Waals surface area contributed by atoms with E-state index in [-0.39, 0.29) is 29.6 Å². The summed E-state index contributed by atoms with van der Waals surface area (Å²) in [6.07, 6.45) is 0. The predicted molar refractivity (Wildman–Crippen MR) is 115 cm³/mol. The minimum absolute atomic E-state index is 0.131. The second-order valence-corrected chi connectivity index (χ2v) is 7.63. The van der Waals surface area contributed by atoms with Crippen molar-refractivity contribution < 1.29 is 19.7 Å². The van der Waals surface area contributed by atoms with Crippen LogP contribution in [-0.4, -0.2) is 23.5 Å². The highest BCUT2D eigenvalue weighted by Crippen LogP contribution is 2.29. The molecule has 30 heavy (non-hydrogen) atoms. The number of carbonyl (C=O) groups is 3. The zero-order chi connectivity index (χ0) is 21.3. The summed E-state index contributed by atoms with van der Waals surface area (Å²) in [5.74, 6) is -0.530. The fraction of sp³-hybridized carbons (Fsp3) is 0.160. The minimum atomic E-state index is -0.325. The molecule has 0 fully saturated rings. The van der Waals surface area contributed by atoms with E-state index in [1.807, 2.05) is 42.6 Å². The molecule has 2 atom stereocenters. The van der Waals surface area contributed by atoms with E-state index in [4.69, 9.17) is 0 Å². The summed E-state index contributed by atoms with van der Waals surface area (Å²) in [5.41, 5.74) is 3.17. The van der Waals surface area contributed by atoms with Gasteiger partial charge in [0.1, 0.15) is 6.04 Å². The number of fused-ring (bicyclic) bond motifs is 2. The molecule has 0 aromatic heterocycles. The molecule has 5 nitrogen and oxygen atoms in total. The van der Waals surface area contributed by atoms with Gasteiger partial charge in [-0.15, -0.1) is 0 Å². The number of carbonyl (C=O) groups excluding carboxylic acids is 3. The third-order valence-electron chi connectivity index (χ3n) is 5.51. The zero-order valence-corrected chi connectivity index (χ0v) is 16.9. The van der Waals surface area contributed by atoms with Gasteiger partial charge in [-0.25, -0.2) is 0 Å². The van der Waals surface area contributed by atoms with Crippen molar-refractivity contribution in [1.82, 2.24) is 0 Å². The minimum Gasteiger partial charge on any atom is -0.330 e. The van der Waals surface area contributed by atoms with E-state index in [9.17, 15) is 14.4 Å². The van der Waals surface area contributed by atoms with Crippen LogP contribution in [-0.2, 0) is 4.79 Å². The van der Waals surface area contributed by atoms with Crippen LogP contribution in [0.2, 0.25) is 0 Å². The number of hydrogen-bond donors (Lipinski definition) is 2. The molecule has 1 amide bonds. The van der Waals surface area contributed by atoms with Crippen molar-refractivity contribution in [2.24, 2.45) is 0 Å². The molecule has 1 aliphatic carbocycles. The first-order chi connectivity index (χ1) is 14.5. The van der Waals surface area contributed by atoms with Gasteiger partial charge < -0.3 is 10.6 Å². The Kier molecular flexibility index (Phi) is 5.29. The van der Waals surface area contributed by atoms with Gasteiger partial charge in [0.25, 0.3) is 5.91 Å². The van der Waals surface area contributed by atoms with Crippen molar-refractivity contribution in [3.63, 3.8) is 0 Å². The Balaban J connectivity index is 1.50. The number of benzene rings is 3. The van der Waals surface area contributed by atoms with E-state index < -0.39 is 0 Å². The van der Waals surface area contributed by atoms with Gasteiger partial charge in [-0.05, 0) is 32.0 Å². The molecule has 1 aliphatic rings. The molecule has 0 radical (unpaired) electrons. The summed E-state index contributed by atoms with van der Waals surface area (Å²) in [6, 6.07) is 21.5. The lowest BCUT2D eigenvalue weighted by Crippen LogP contribution is -2.91. The van der Waals surface area contributed by atoms with Crippen molar-refractivity contribution in [2.75, 3.05) is 5.32 Å². The number of nitrogens with one attached hydrogen (secondary N) is 1. The lowest BCUT2D eigenvalue weighted by molar-refractivity contribution is -0.709. The number of rotatable bonds is 5. The molecular weight excluding hydrogens is 376 g/mol. The monoisotopic (exact) mass is 399 g/mol. The SMILES string of the molecule is C[C@H]([NH2+][C@@H](C)c1ccccc1)C(=O)Nc1ccc2c(c1)C(=O)c1ccccc1C2=O. The van der Waals surface area contributed by atoms with Crippen LogP contribution < -0.4 is 10.6 Å². The van der Waals surface area contributed by atoms with Gasteiger partial charge in [-0.1, -0.05) is 54.6 Å². The molecule has 0 aliphatic heterocycles. The van der Waals surface area contributed by atoms with Gasteiger partial charge >= 0.3 is 0 Å². The highest BCUT2D eigenvalue weighted by molar-refractivity contribution is 6.28. The Labute approximate surface area is 175 Å². The fourth-order valence-corrected chi connectivity index (χ4v) is 3.82. The zero-order valence-electron chi connectivity index (χ0n) is 16.9. The number of nitrogens with two attached hydrogens (primary N) is 1.